The second-order valence-electron chi connectivity index (χ2n) is 4.98. The van der Waals surface area contributed by atoms with Crippen LogP contribution in [0.1, 0.15) is 32.6 Å². The minimum absolute atomic E-state index is 0.198. The van der Waals surface area contributed by atoms with Crippen LogP contribution in [0, 0.1) is 5.92 Å². The fourth-order valence-corrected chi connectivity index (χ4v) is 4.55. The fraction of sp³-hybridized carbons (Fsp3) is 1.00. The molecule has 0 aromatic carbocycles. The highest BCUT2D eigenvalue weighted by Gasteiger charge is 2.35. The molecule has 1 saturated carbocycles. The lowest BCUT2D eigenvalue weighted by Gasteiger charge is -2.27. The van der Waals surface area contributed by atoms with Gasteiger partial charge in [0.05, 0.1) is 5.75 Å². The minimum atomic E-state index is -3.01. The Morgan fingerprint density at radius 3 is 2.56 bits per heavy atom. The molecular weight excluding hydrogens is 224 g/mol. The third kappa shape index (κ3) is 2.96. The molecule has 0 radical (unpaired) electrons. The first kappa shape index (κ1) is 12.3. The Morgan fingerprint density at radius 2 is 2.06 bits per heavy atom. The van der Waals surface area contributed by atoms with Crippen molar-refractivity contribution < 1.29 is 8.42 Å². The zero-order chi connectivity index (χ0) is 11.6. The lowest BCUT2D eigenvalue weighted by Crippen LogP contribution is -2.43. The van der Waals surface area contributed by atoms with Crippen LogP contribution in [0.4, 0.5) is 0 Å². The van der Waals surface area contributed by atoms with E-state index in [9.17, 15) is 8.42 Å². The molecule has 2 fully saturated rings. The van der Waals surface area contributed by atoms with Crippen molar-refractivity contribution in [3.05, 3.63) is 0 Å². The second-order valence-corrected chi connectivity index (χ2v) is 6.95. The van der Waals surface area contributed by atoms with Crippen LogP contribution in [0.25, 0.3) is 0 Å². The quantitative estimate of drug-likeness (QED) is 0.754. The van der Waals surface area contributed by atoms with Gasteiger partial charge in [-0.05, 0) is 38.1 Å². The Morgan fingerprint density at radius 1 is 1.31 bits per heavy atom. The molecule has 1 N–H and O–H groups in total. The first-order valence-electron chi connectivity index (χ1n) is 6.33. The van der Waals surface area contributed by atoms with Gasteiger partial charge in [0, 0.05) is 19.1 Å². The van der Waals surface area contributed by atoms with Crippen molar-refractivity contribution in [2.75, 3.05) is 25.4 Å². The van der Waals surface area contributed by atoms with E-state index < -0.39 is 10.0 Å². The van der Waals surface area contributed by atoms with Gasteiger partial charge >= 0.3 is 0 Å². The largest absolute Gasteiger partial charge is 0.315 e. The molecular formula is C11H22N2O2S. The van der Waals surface area contributed by atoms with Gasteiger partial charge in [-0.25, -0.2) is 8.42 Å². The summed E-state index contributed by atoms with van der Waals surface area (Å²) in [5.74, 6) is 0.822. The summed E-state index contributed by atoms with van der Waals surface area (Å²) in [6.45, 7) is 4.50. The first-order valence-corrected chi connectivity index (χ1v) is 7.94. The van der Waals surface area contributed by atoms with Gasteiger partial charge in [-0.2, -0.15) is 4.31 Å². The average molecular weight is 246 g/mol. The van der Waals surface area contributed by atoms with Crippen molar-refractivity contribution in [3.63, 3.8) is 0 Å². The molecule has 0 spiro atoms. The maximum absolute atomic E-state index is 12.3. The fourth-order valence-electron chi connectivity index (χ4n) is 2.33. The van der Waals surface area contributed by atoms with Gasteiger partial charge in [0.15, 0.2) is 0 Å². The van der Waals surface area contributed by atoms with Gasteiger partial charge in [0.1, 0.15) is 0 Å². The van der Waals surface area contributed by atoms with Crippen LogP contribution in [0.15, 0.2) is 0 Å². The van der Waals surface area contributed by atoms with E-state index in [1.165, 1.54) is 0 Å². The van der Waals surface area contributed by atoms with Crippen LogP contribution in [0.5, 0.6) is 0 Å². The molecule has 1 heterocycles. The molecule has 5 heteroatoms. The van der Waals surface area contributed by atoms with Gasteiger partial charge in [-0.3, -0.25) is 0 Å². The highest BCUT2D eigenvalue weighted by atomic mass is 32.2. The Hall–Kier alpha value is -0.130. The predicted molar refractivity (Wildman–Crippen MR) is 64.8 cm³/mol. The number of hydrogen-bond acceptors (Lipinski definition) is 3. The van der Waals surface area contributed by atoms with Crippen LogP contribution < -0.4 is 5.32 Å². The third-order valence-corrected chi connectivity index (χ3v) is 5.47. The van der Waals surface area contributed by atoms with E-state index in [1.807, 2.05) is 6.92 Å². The summed E-state index contributed by atoms with van der Waals surface area (Å²) in [7, 11) is -3.01. The smallest absolute Gasteiger partial charge is 0.214 e. The van der Waals surface area contributed by atoms with Gasteiger partial charge < -0.3 is 5.32 Å². The maximum atomic E-state index is 12.3. The monoisotopic (exact) mass is 246 g/mol. The summed E-state index contributed by atoms with van der Waals surface area (Å²) in [5, 5.41) is 3.25. The molecule has 2 rings (SSSR count). The van der Waals surface area contributed by atoms with Crippen molar-refractivity contribution >= 4 is 10.0 Å². The van der Waals surface area contributed by atoms with Gasteiger partial charge in [0.25, 0.3) is 0 Å². The summed E-state index contributed by atoms with van der Waals surface area (Å²) in [6.07, 6.45) is 4.06. The normalized spacial score (nSPS) is 26.5. The highest BCUT2D eigenvalue weighted by Crippen LogP contribution is 2.32. The number of hydrogen-bond donors (Lipinski definition) is 1. The number of nitrogens with zero attached hydrogens (tertiary/aromatic N) is 1. The molecule has 0 aromatic rings. The Kier molecular flexibility index (Phi) is 3.87. The Labute approximate surface area is 98.4 Å². The van der Waals surface area contributed by atoms with E-state index in [0.717, 1.165) is 38.8 Å². The predicted octanol–water partition coefficient (Wildman–Crippen LogP) is 0.800. The van der Waals surface area contributed by atoms with Crippen molar-refractivity contribution in [3.8, 4) is 0 Å². The van der Waals surface area contributed by atoms with Gasteiger partial charge in [-0.15, -0.1) is 0 Å². The van der Waals surface area contributed by atoms with Crippen molar-refractivity contribution in [2.45, 2.75) is 38.6 Å². The van der Waals surface area contributed by atoms with E-state index in [4.69, 9.17) is 0 Å². The van der Waals surface area contributed by atoms with E-state index in [0.29, 0.717) is 18.2 Å². The Bertz CT molecular complexity index is 319. The van der Waals surface area contributed by atoms with Gasteiger partial charge in [0.2, 0.25) is 10.0 Å². The maximum Gasteiger partial charge on any atom is 0.214 e. The first-order chi connectivity index (χ1) is 7.63. The molecule has 1 atom stereocenters. The number of sulfonamides is 1. The van der Waals surface area contributed by atoms with Crippen molar-refractivity contribution in [1.82, 2.24) is 9.62 Å². The average Bonchev–Trinajstić information content (AvgIpc) is 2.86. The summed E-state index contributed by atoms with van der Waals surface area (Å²) < 4.78 is 26.3. The molecule has 1 saturated heterocycles. The topological polar surface area (TPSA) is 49.4 Å². The third-order valence-electron chi connectivity index (χ3n) is 3.39. The molecule has 0 bridgehead atoms. The second kappa shape index (κ2) is 5.02. The van der Waals surface area contributed by atoms with E-state index >= 15 is 0 Å². The van der Waals surface area contributed by atoms with E-state index in [2.05, 4.69) is 5.32 Å². The highest BCUT2D eigenvalue weighted by molar-refractivity contribution is 7.89. The summed E-state index contributed by atoms with van der Waals surface area (Å²) in [6, 6.07) is 0.198. The van der Waals surface area contributed by atoms with E-state index in [-0.39, 0.29) is 6.04 Å². The molecule has 1 aliphatic carbocycles. The van der Waals surface area contributed by atoms with Crippen LogP contribution in [-0.2, 0) is 10.0 Å². The molecule has 0 amide bonds. The van der Waals surface area contributed by atoms with Crippen LogP contribution in [-0.4, -0.2) is 44.2 Å². The van der Waals surface area contributed by atoms with Crippen LogP contribution in [0.3, 0.4) is 0 Å². The molecule has 0 aromatic heterocycles. The SMILES string of the molecule is CCCN(C1CCNC1)S(=O)(=O)CC1CC1. The number of nitrogens with one attached hydrogen (secondary N) is 1. The molecule has 1 unspecified atom stereocenters. The molecule has 94 valence electrons. The molecule has 16 heavy (non-hydrogen) atoms. The summed E-state index contributed by atoms with van der Waals surface area (Å²) in [5.41, 5.74) is 0. The molecule has 2 aliphatic rings. The lowest BCUT2D eigenvalue weighted by molar-refractivity contribution is 0.334. The van der Waals surface area contributed by atoms with Crippen LogP contribution >= 0.6 is 0 Å². The van der Waals surface area contributed by atoms with E-state index in [1.54, 1.807) is 4.31 Å². The lowest BCUT2D eigenvalue weighted by atomic mass is 10.2. The van der Waals surface area contributed by atoms with Crippen molar-refractivity contribution in [1.29, 1.82) is 0 Å². The van der Waals surface area contributed by atoms with Crippen molar-refractivity contribution in [2.24, 2.45) is 5.92 Å². The standard InChI is InChI=1S/C11H22N2O2S/c1-2-7-13(11-5-6-12-8-11)16(14,15)9-10-3-4-10/h10-12H,2-9H2,1H3. The zero-order valence-corrected chi connectivity index (χ0v) is 10.8. The molecule has 1 aliphatic heterocycles. The minimum Gasteiger partial charge on any atom is -0.315 e. The summed E-state index contributed by atoms with van der Waals surface area (Å²) >= 11 is 0. The Balaban J connectivity index is 2.03. The summed E-state index contributed by atoms with van der Waals surface area (Å²) in [4.78, 5) is 0. The van der Waals surface area contributed by atoms with Gasteiger partial charge in [-0.1, -0.05) is 6.92 Å². The van der Waals surface area contributed by atoms with Crippen LogP contribution in [0.2, 0.25) is 0 Å². The number of rotatable bonds is 6. The molecule has 4 nitrogen and oxygen atoms in total. The zero-order valence-electron chi connectivity index (χ0n) is 9.98.